The van der Waals surface area contributed by atoms with E-state index in [-0.39, 0.29) is 6.10 Å². The largest absolute Gasteiger partial charge is 0.391 e. The van der Waals surface area contributed by atoms with Gasteiger partial charge in [-0.3, -0.25) is 4.90 Å². The van der Waals surface area contributed by atoms with Crippen LogP contribution in [0.4, 0.5) is 0 Å². The molecular formula is C14H27NO. The van der Waals surface area contributed by atoms with Crippen LogP contribution >= 0.6 is 0 Å². The van der Waals surface area contributed by atoms with Gasteiger partial charge in [-0.2, -0.15) is 0 Å². The van der Waals surface area contributed by atoms with Gasteiger partial charge in [-0.15, -0.1) is 0 Å². The number of hydrogen-bond acceptors (Lipinski definition) is 2. The molecule has 2 heteroatoms. The summed E-state index contributed by atoms with van der Waals surface area (Å²) in [6, 6.07) is 0.995. The summed E-state index contributed by atoms with van der Waals surface area (Å²) in [5.41, 5.74) is 0. The normalized spacial score (nSPS) is 36.0. The summed E-state index contributed by atoms with van der Waals surface area (Å²) < 4.78 is 0. The highest BCUT2D eigenvalue weighted by Gasteiger charge is 2.35. The summed E-state index contributed by atoms with van der Waals surface area (Å²) in [7, 11) is 0. The SMILES string of the molecule is CC1CCC(O)C(N(CC2CC2)C(C)C)C1. The second-order valence-electron chi connectivity index (χ2n) is 6.29. The van der Waals surface area contributed by atoms with Crippen LogP contribution in [0.25, 0.3) is 0 Å². The van der Waals surface area contributed by atoms with E-state index in [9.17, 15) is 5.11 Å². The maximum atomic E-state index is 10.2. The fourth-order valence-corrected chi connectivity index (χ4v) is 3.02. The molecule has 0 heterocycles. The molecule has 2 fully saturated rings. The topological polar surface area (TPSA) is 23.5 Å². The molecule has 1 N–H and O–H groups in total. The number of aliphatic hydroxyl groups excluding tert-OH is 1. The first kappa shape index (κ1) is 12.4. The van der Waals surface area contributed by atoms with Crippen molar-refractivity contribution in [2.75, 3.05) is 6.54 Å². The Balaban J connectivity index is 1.98. The molecule has 3 atom stereocenters. The first-order valence-electron chi connectivity index (χ1n) is 7.01. The van der Waals surface area contributed by atoms with Crippen molar-refractivity contribution in [3.8, 4) is 0 Å². The van der Waals surface area contributed by atoms with E-state index in [1.54, 1.807) is 0 Å². The van der Waals surface area contributed by atoms with Gasteiger partial charge in [0.15, 0.2) is 0 Å². The third-order valence-electron chi connectivity index (χ3n) is 4.30. The average molecular weight is 225 g/mol. The number of nitrogens with zero attached hydrogens (tertiary/aromatic N) is 1. The van der Waals surface area contributed by atoms with Crippen molar-refractivity contribution in [2.45, 2.75) is 71.1 Å². The molecule has 0 bridgehead atoms. The third-order valence-corrected chi connectivity index (χ3v) is 4.30. The molecular weight excluding hydrogens is 198 g/mol. The molecule has 16 heavy (non-hydrogen) atoms. The lowest BCUT2D eigenvalue weighted by Gasteiger charge is -2.42. The lowest BCUT2D eigenvalue weighted by Crippen LogP contribution is -2.50. The van der Waals surface area contributed by atoms with Crippen LogP contribution in [-0.2, 0) is 0 Å². The van der Waals surface area contributed by atoms with Gasteiger partial charge in [0, 0.05) is 18.6 Å². The molecule has 2 nitrogen and oxygen atoms in total. The Bertz CT molecular complexity index is 223. The summed E-state index contributed by atoms with van der Waals surface area (Å²) in [6.45, 7) is 8.09. The Hall–Kier alpha value is -0.0800. The van der Waals surface area contributed by atoms with Crippen LogP contribution in [0, 0.1) is 11.8 Å². The van der Waals surface area contributed by atoms with Crippen LogP contribution in [0.3, 0.4) is 0 Å². The minimum atomic E-state index is -0.0858. The summed E-state index contributed by atoms with van der Waals surface area (Å²) >= 11 is 0. The highest BCUT2D eigenvalue weighted by Crippen LogP contribution is 2.34. The molecule has 2 saturated carbocycles. The van der Waals surface area contributed by atoms with Crippen molar-refractivity contribution in [2.24, 2.45) is 11.8 Å². The van der Waals surface area contributed by atoms with Crippen LogP contribution in [0.1, 0.15) is 52.9 Å². The second kappa shape index (κ2) is 5.05. The standard InChI is InChI=1S/C14H27NO/c1-10(2)15(9-12-5-6-12)13-8-11(3)4-7-14(13)16/h10-14,16H,4-9H2,1-3H3. The number of hydrogen-bond donors (Lipinski definition) is 1. The van der Waals surface area contributed by atoms with Gasteiger partial charge in [0.05, 0.1) is 6.10 Å². The van der Waals surface area contributed by atoms with Crippen LogP contribution in [-0.4, -0.2) is 34.7 Å². The van der Waals surface area contributed by atoms with E-state index >= 15 is 0 Å². The van der Waals surface area contributed by atoms with Gasteiger partial charge in [-0.1, -0.05) is 6.92 Å². The predicted octanol–water partition coefficient (Wildman–Crippen LogP) is 2.66. The molecule has 0 saturated heterocycles. The molecule has 2 aliphatic carbocycles. The zero-order valence-corrected chi connectivity index (χ0v) is 11.0. The summed E-state index contributed by atoms with van der Waals surface area (Å²) in [5.74, 6) is 1.71. The van der Waals surface area contributed by atoms with Crippen LogP contribution < -0.4 is 0 Å². The molecule has 0 aromatic heterocycles. The van der Waals surface area contributed by atoms with Crippen molar-refractivity contribution in [3.05, 3.63) is 0 Å². The van der Waals surface area contributed by atoms with E-state index in [4.69, 9.17) is 0 Å². The Morgan fingerprint density at radius 3 is 2.44 bits per heavy atom. The van der Waals surface area contributed by atoms with Gasteiger partial charge in [0.1, 0.15) is 0 Å². The second-order valence-corrected chi connectivity index (χ2v) is 6.29. The van der Waals surface area contributed by atoms with E-state index in [0.717, 1.165) is 18.3 Å². The van der Waals surface area contributed by atoms with E-state index in [0.29, 0.717) is 12.1 Å². The third kappa shape index (κ3) is 2.98. The minimum absolute atomic E-state index is 0.0858. The van der Waals surface area contributed by atoms with Gasteiger partial charge in [-0.25, -0.2) is 0 Å². The smallest absolute Gasteiger partial charge is 0.0695 e. The van der Waals surface area contributed by atoms with Crippen molar-refractivity contribution in [1.29, 1.82) is 0 Å². The van der Waals surface area contributed by atoms with Crippen LogP contribution in [0.2, 0.25) is 0 Å². The lowest BCUT2D eigenvalue weighted by molar-refractivity contribution is -0.0103. The summed E-state index contributed by atoms with van der Waals surface area (Å²) in [5, 5.41) is 10.2. The van der Waals surface area contributed by atoms with Gasteiger partial charge < -0.3 is 5.11 Å². The molecule has 3 unspecified atom stereocenters. The van der Waals surface area contributed by atoms with Crippen molar-refractivity contribution in [3.63, 3.8) is 0 Å². The quantitative estimate of drug-likeness (QED) is 0.795. The van der Waals surface area contributed by atoms with E-state index in [1.165, 1.54) is 32.2 Å². The number of rotatable bonds is 4. The van der Waals surface area contributed by atoms with Crippen molar-refractivity contribution < 1.29 is 5.11 Å². The molecule has 0 amide bonds. The predicted molar refractivity (Wildman–Crippen MR) is 67.4 cm³/mol. The molecule has 0 spiro atoms. The average Bonchev–Trinajstić information content (AvgIpc) is 3.02. The first-order chi connectivity index (χ1) is 7.58. The zero-order valence-electron chi connectivity index (χ0n) is 11.0. The first-order valence-corrected chi connectivity index (χ1v) is 7.01. The zero-order chi connectivity index (χ0) is 11.7. The fraction of sp³-hybridized carbons (Fsp3) is 1.00. The highest BCUT2D eigenvalue weighted by molar-refractivity contribution is 4.90. The Labute approximate surface area is 100 Å². The number of aliphatic hydroxyl groups is 1. The highest BCUT2D eigenvalue weighted by atomic mass is 16.3. The van der Waals surface area contributed by atoms with Crippen molar-refractivity contribution in [1.82, 2.24) is 4.90 Å². The molecule has 2 rings (SSSR count). The van der Waals surface area contributed by atoms with Gasteiger partial charge in [0.2, 0.25) is 0 Å². The van der Waals surface area contributed by atoms with Crippen LogP contribution in [0.5, 0.6) is 0 Å². The lowest BCUT2D eigenvalue weighted by atomic mass is 9.83. The van der Waals surface area contributed by atoms with Gasteiger partial charge >= 0.3 is 0 Å². The van der Waals surface area contributed by atoms with Gasteiger partial charge in [0.25, 0.3) is 0 Å². The van der Waals surface area contributed by atoms with E-state index in [2.05, 4.69) is 25.7 Å². The molecule has 0 aromatic carbocycles. The maximum Gasteiger partial charge on any atom is 0.0695 e. The van der Waals surface area contributed by atoms with Crippen LogP contribution in [0.15, 0.2) is 0 Å². The summed E-state index contributed by atoms with van der Waals surface area (Å²) in [6.07, 6.45) is 6.11. The minimum Gasteiger partial charge on any atom is -0.391 e. The fourth-order valence-electron chi connectivity index (χ4n) is 3.02. The Morgan fingerprint density at radius 1 is 1.19 bits per heavy atom. The van der Waals surface area contributed by atoms with E-state index < -0.39 is 0 Å². The molecule has 94 valence electrons. The molecule has 0 radical (unpaired) electrons. The molecule has 2 aliphatic rings. The molecule has 0 aromatic rings. The van der Waals surface area contributed by atoms with Gasteiger partial charge in [-0.05, 0) is 57.8 Å². The van der Waals surface area contributed by atoms with E-state index in [1.807, 2.05) is 0 Å². The Morgan fingerprint density at radius 2 is 1.88 bits per heavy atom. The summed E-state index contributed by atoms with van der Waals surface area (Å²) in [4.78, 5) is 2.57. The van der Waals surface area contributed by atoms with Crippen molar-refractivity contribution >= 4 is 0 Å². The molecule has 0 aliphatic heterocycles. The monoisotopic (exact) mass is 225 g/mol. The maximum absolute atomic E-state index is 10.2. The Kier molecular flexibility index (Phi) is 3.91.